The molecule has 2 aliphatic carbocycles. The number of methoxy groups -OCH3 is 1. The van der Waals surface area contributed by atoms with Gasteiger partial charge in [0.1, 0.15) is 5.69 Å². The van der Waals surface area contributed by atoms with Crippen LogP contribution in [0.5, 0.6) is 11.5 Å². The highest BCUT2D eigenvalue weighted by Gasteiger charge is 2.77. The number of amides is 4. The Morgan fingerprint density at radius 3 is 2.02 bits per heavy atom. The summed E-state index contributed by atoms with van der Waals surface area (Å²) in [6.07, 6.45) is 0.775. The van der Waals surface area contributed by atoms with E-state index >= 15 is 8.78 Å². The Bertz CT molecular complexity index is 2500. The Hall–Kier alpha value is -4.87. The van der Waals surface area contributed by atoms with Crippen LogP contribution in [0.1, 0.15) is 40.2 Å². The predicted molar refractivity (Wildman–Crippen MR) is 203 cm³/mol. The van der Waals surface area contributed by atoms with Gasteiger partial charge in [0.2, 0.25) is 17.6 Å². The summed E-state index contributed by atoms with van der Waals surface area (Å²) in [6.45, 7) is 0. The van der Waals surface area contributed by atoms with Crippen molar-refractivity contribution in [1.82, 2.24) is 0 Å². The second kappa shape index (κ2) is 13.6. The molecule has 8 rings (SSSR count). The maximum Gasteiger partial charge on any atom is 0.258 e. The van der Waals surface area contributed by atoms with Gasteiger partial charge in [0.15, 0.2) is 50.3 Å². The SMILES string of the molecule is COc1cc(C2C3=CCC4C(=O)N(c5ccc(C(=O)c6ccccc6)cc5)C(=O)C4C3CC3(Cl)C(=O)N(c4c(F)c(F)c(F)c(F)c4F)C(=O)C23Cl)cc(I)c1O. The van der Waals surface area contributed by atoms with Gasteiger partial charge in [0, 0.05) is 17.0 Å². The summed E-state index contributed by atoms with van der Waals surface area (Å²) in [4.78, 5) is 65.8. The molecule has 4 amide bonds. The van der Waals surface area contributed by atoms with Crippen LogP contribution >= 0.6 is 45.8 Å². The molecule has 4 aromatic carbocycles. The number of anilines is 2. The zero-order chi connectivity index (χ0) is 41.0. The van der Waals surface area contributed by atoms with E-state index in [0.717, 1.165) is 4.90 Å². The van der Waals surface area contributed by atoms with Gasteiger partial charge in [-0.05, 0) is 83.3 Å². The smallest absolute Gasteiger partial charge is 0.258 e. The molecule has 0 radical (unpaired) electrons. The molecule has 4 aliphatic rings. The number of alkyl halides is 2. The fraction of sp³-hybridized carbons (Fsp3) is 0.225. The number of carbonyl (C=O) groups excluding carboxylic acids is 5. The minimum atomic E-state index is -2.75. The molecular formula is C40H24Cl2F5IN2O7. The Morgan fingerprint density at radius 2 is 1.40 bits per heavy atom. The Labute approximate surface area is 343 Å². The third-order valence-electron chi connectivity index (χ3n) is 11.2. The van der Waals surface area contributed by atoms with Gasteiger partial charge in [-0.15, -0.1) is 23.2 Å². The first-order valence-electron chi connectivity index (χ1n) is 17.1. The van der Waals surface area contributed by atoms with Crippen molar-refractivity contribution in [1.29, 1.82) is 0 Å². The van der Waals surface area contributed by atoms with Crippen molar-refractivity contribution >= 4 is 86.6 Å². The summed E-state index contributed by atoms with van der Waals surface area (Å²) in [5.74, 6) is -22.8. The van der Waals surface area contributed by atoms with Gasteiger partial charge < -0.3 is 9.84 Å². The molecule has 57 heavy (non-hydrogen) atoms. The topological polar surface area (TPSA) is 121 Å². The van der Waals surface area contributed by atoms with Crippen LogP contribution in [0, 0.1) is 50.4 Å². The molecule has 2 heterocycles. The van der Waals surface area contributed by atoms with Crippen molar-refractivity contribution < 1.29 is 55.8 Å². The Balaban J connectivity index is 1.26. The van der Waals surface area contributed by atoms with E-state index in [1.54, 1.807) is 59.0 Å². The van der Waals surface area contributed by atoms with Crippen LogP contribution in [0.15, 0.2) is 78.4 Å². The quantitative estimate of drug-likeness (QED) is 0.0308. The van der Waals surface area contributed by atoms with Crippen LogP contribution in [0.25, 0.3) is 0 Å². The number of ketones is 1. The molecule has 9 nitrogen and oxygen atoms in total. The lowest BCUT2D eigenvalue weighted by Crippen LogP contribution is -2.60. The monoisotopic (exact) mass is 936 g/mol. The summed E-state index contributed by atoms with van der Waals surface area (Å²) >= 11 is 16.2. The second-order valence-corrected chi connectivity index (χ2v) is 16.4. The van der Waals surface area contributed by atoms with Crippen molar-refractivity contribution in [3.05, 3.63) is 128 Å². The largest absolute Gasteiger partial charge is 0.504 e. The number of carbonyl (C=O) groups is 5. The van der Waals surface area contributed by atoms with Crippen LogP contribution in [0.2, 0.25) is 0 Å². The highest BCUT2D eigenvalue weighted by atomic mass is 127. The van der Waals surface area contributed by atoms with Crippen molar-refractivity contribution in [2.24, 2.45) is 17.8 Å². The summed E-state index contributed by atoms with van der Waals surface area (Å²) in [6, 6.07) is 16.8. The molecule has 1 saturated carbocycles. The average Bonchev–Trinajstić information content (AvgIpc) is 3.55. The van der Waals surface area contributed by atoms with E-state index in [2.05, 4.69) is 0 Å². The minimum absolute atomic E-state index is 0.0659. The number of allylic oxidation sites excluding steroid dienone is 2. The van der Waals surface area contributed by atoms with Crippen LogP contribution in [-0.4, -0.2) is 51.4 Å². The number of ether oxygens (including phenoxy) is 1. The van der Waals surface area contributed by atoms with Crippen LogP contribution in [-0.2, 0) is 19.2 Å². The number of aromatic hydroxyl groups is 1. The van der Waals surface area contributed by atoms with Crippen molar-refractivity contribution in [2.45, 2.75) is 28.5 Å². The van der Waals surface area contributed by atoms with E-state index in [1.165, 1.54) is 43.5 Å². The third kappa shape index (κ3) is 5.33. The van der Waals surface area contributed by atoms with Gasteiger partial charge in [-0.25, -0.2) is 26.9 Å². The first-order chi connectivity index (χ1) is 27.0. The first-order valence-corrected chi connectivity index (χ1v) is 18.9. The average molecular weight is 937 g/mol. The number of rotatable bonds is 6. The van der Waals surface area contributed by atoms with E-state index in [4.69, 9.17) is 27.9 Å². The molecule has 0 spiro atoms. The minimum Gasteiger partial charge on any atom is -0.504 e. The van der Waals surface area contributed by atoms with Gasteiger partial charge in [0.05, 0.1) is 28.2 Å². The molecule has 2 aliphatic heterocycles. The molecule has 17 heteroatoms. The molecule has 2 saturated heterocycles. The van der Waals surface area contributed by atoms with E-state index in [-0.39, 0.29) is 54.6 Å². The number of phenolic OH excluding ortho intramolecular Hbond substituents is 1. The zero-order valence-electron chi connectivity index (χ0n) is 29.0. The standard InChI is InChI=1S/C40H24Cl2F5IN2O7/c1-57-24-14-18(13-23(48)34(24)52)26-20-11-12-21-25(36(54)49(35(21)53)19-9-7-17(8-10-19)33(51)16-5-3-2-4-6-16)22(20)15-39(41)37(55)50(38(56)40(26,39)42)32-30(46)28(44)27(43)29(45)31(32)47/h2-11,13-14,21-22,25-26,52H,12,15H2,1H3. The molecule has 0 aromatic heterocycles. The van der Waals surface area contributed by atoms with Crippen molar-refractivity contribution in [3.8, 4) is 11.5 Å². The number of nitrogens with zero attached hydrogens (tertiary/aromatic N) is 2. The maximum atomic E-state index is 15.4. The van der Waals surface area contributed by atoms with Crippen LogP contribution < -0.4 is 14.5 Å². The van der Waals surface area contributed by atoms with Crippen molar-refractivity contribution in [3.63, 3.8) is 0 Å². The lowest BCUT2D eigenvalue weighted by molar-refractivity contribution is -0.125. The number of phenols is 1. The normalized spacial score (nSPS) is 26.6. The number of hydrogen-bond donors (Lipinski definition) is 1. The molecule has 6 atom stereocenters. The van der Waals surface area contributed by atoms with Crippen molar-refractivity contribution in [2.75, 3.05) is 16.9 Å². The molecular weight excluding hydrogens is 913 g/mol. The molecule has 3 fully saturated rings. The van der Waals surface area contributed by atoms with E-state index < -0.39 is 98.2 Å². The molecule has 292 valence electrons. The molecule has 6 unspecified atom stereocenters. The maximum absolute atomic E-state index is 15.4. The number of hydrogen-bond acceptors (Lipinski definition) is 7. The van der Waals surface area contributed by atoms with E-state index in [9.17, 15) is 42.3 Å². The summed E-state index contributed by atoms with van der Waals surface area (Å²) in [5, 5.41) is 10.7. The highest BCUT2D eigenvalue weighted by molar-refractivity contribution is 14.1. The van der Waals surface area contributed by atoms with Gasteiger partial charge in [-0.1, -0.05) is 42.0 Å². The van der Waals surface area contributed by atoms with Gasteiger partial charge in [-0.3, -0.25) is 28.9 Å². The van der Waals surface area contributed by atoms with Gasteiger partial charge in [-0.2, -0.15) is 0 Å². The van der Waals surface area contributed by atoms with Crippen LogP contribution in [0.4, 0.5) is 33.3 Å². The number of fused-ring (bicyclic) bond motifs is 4. The molecule has 0 bridgehead atoms. The fourth-order valence-electron chi connectivity index (χ4n) is 8.63. The summed E-state index contributed by atoms with van der Waals surface area (Å²) in [7, 11) is 1.22. The fourth-order valence-corrected chi connectivity index (χ4v) is 10.2. The molecule has 1 N–H and O–H groups in total. The summed E-state index contributed by atoms with van der Waals surface area (Å²) in [5.41, 5.74) is -0.776. The number of benzene rings is 4. The number of imide groups is 2. The highest BCUT2D eigenvalue weighted by Crippen LogP contribution is 2.66. The lowest BCUT2D eigenvalue weighted by Gasteiger charge is -2.50. The first kappa shape index (κ1) is 39.0. The Kier molecular flexibility index (Phi) is 9.31. The van der Waals surface area contributed by atoms with Crippen LogP contribution in [0.3, 0.4) is 0 Å². The Morgan fingerprint density at radius 1 is 0.807 bits per heavy atom. The lowest BCUT2D eigenvalue weighted by atomic mass is 9.56. The third-order valence-corrected chi connectivity index (χ3v) is 13.5. The van der Waals surface area contributed by atoms with Gasteiger partial charge >= 0.3 is 0 Å². The number of halogens is 8. The summed E-state index contributed by atoms with van der Waals surface area (Å²) < 4.78 is 79.4. The van der Waals surface area contributed by atoms with Gasteiger partial charge in [0.25, 0.3) is 11.8 Å². The van der Waals surface area contributed by atoms with E-state index in [0.29, 0.717) is 5.56 Å². The predicted octanol–water partition coefficient (Wildman–Crippen LogP) is 7.70. The van der Waals surface area contributed by atoms with E-state index in [1.807, 2.05) is 0 Å². The molecule has 4 aromatic rings. The second-order valence-electron chi connectivity index (χ2n) is 14.0. The zero-order valence-corrected chi connectivity index (χ0v) is 32.6.